The summed E-state index contributed by atoms with van der Waals surface area (Å²) in [6.45, 7) is 0. The van der Waals surface area contributed by atoms with E-state index in [9.17, 15) is 10.1 Å². The van der Waals surface area contributed by atoms with Gasteiger partial charge in [0.15, 0.2) is 0 Å². The Labute approximate surface area is 127 Å². The third-order valence-electron chi connectivity index (χ3n) is 3.47. The first-order chi connectivity index (χ1) is 10.7. The van der Waals surface area contributed by atoms with Gasteiger partial charge in [0, 0.05) is 18.2 Å². The van der Waals surface area contributed by atoms with Crippen LogP contribution in [-0.2, 0) is 7.05 Å². The summed E-state index contributed by atoms with van der Waals surface area (Å²) in [5.74, 6) is 0. The number of rotatable bonds is 2. The normalized spacial score (nSPS) is 10.2. The lowest BCUT2D eigenvalue weighted by atomic mass is 9.96. The van der Waals surface area contributed by atoms with Gasteiger partial charge in [-0.25, -0.2) is 4.68 Å². The summed E-state index contributed by atoms with van der Waals surface area (Å²) in [5, 5.41) is 13.8. The van der Waals surface area contributed by atoms with Gasteiger partial charge in [-0.3, -0.25) is 4.79 Å². The molecule has 0 spiro atoms. The maximum absolute atomic E-state index is 12.3. The van der Waals surface area contributed by atoms with Gasteiger partial charge in [0.05, 0.1) is 0 Å². The molecule has 0 aliphatic carbocycles. The number of nitrogens with zero attached hydrogens (tertiary/aromatic N) is 3. The van der Waals surface area contributed by atoms with E-state index in [1.807, 2.05) is 66.7 Å². The summed E-state index contributed by atoms with van der Waals surface area (Å²) in [5.41, 5.74) is 2.61. The molecule has 22 heavy (non-hydrogen) atoms. The van der Waals surface area contributed by atoms with Crippen LogP contribution in [0.4, 0.5) is 0 Å². The van der Waals surface area contributed by atoms with Crippen molar-refractivity contribution in [2.45, 2.75) is 0 Å². The van der Waals surface area contributed by atoms with Crippen molar-refractivity contribution in [1.82, 2.24) is 9.78 Å². The van der Waals surface area contributed by atoms with Crippen LogP contribution < -0.4 is 5.56 Å². The second-order valence-electron chi connectivity index (χ2n) is 4.87. The zero-order chi connectivity index (χ0) is 15.5. The van der Waals surface area contributed by atoms with Crippen molar-refractivity contribution in [3.05, 3.63) is 76.6 Å². The fourth-order valence-corrected chi connectivity index (χ4v) is 2.42. The number of hydrogen-bond donors (Lipinski definition) is 0. The Balaban J connectivity index is 2.43. The molecule has 2 aromatic carbocycles. The summed E-state index contributed by atoms with van der Waals surface area (Å²) in [6.07, 6.45) is 0. The molecule has 1 aromatic heterocycles. The Morgan fingerprint density at radius 1 is 0.955 bits per heavy atom. The van der Waals surface area contributed by atoms with Crippen LogP contribution in [0.5, 0.6) is 0 Å². The minimum Gasteiger partial charge on any atom is -0.266 e. The molecule has 0 aliphatic heterocycles. The first kappa shape index (κ1) is 13.8. The SMILES string of the molecule is Cn1nc(-c2ccccc2)c(-c2ccccc2)c(C#N)c1=O. The third-order valence-corrected chi connectivity index (χ3v) is 3.47. The number of hydrogen-bond acceptors (Lipinski definition) is 3. The molecule has 0 bridgehead atoms. The molecule has 0 aliphatic rings. The van der Waals surface area contributed by atoms with Crippen LogP contribution in [0.1, 0.15) is 5.56 Å². The molecule has 0 radical (unpaired) electrons. The van der Waals surface area contributed by atoms with Gasteiger partial charge in [0.2, 0.25) is 0 Å². The van der Waals surface area contributed by atoms with Crippen LogP contribution >= 0.6 is 0 Å². The molecule has 3 rings (SSSR count). The van der Waals surface area contributed by atoms with Crippen molar-refractivity contribution in [1.29, 1.82) is 5.26 Å². The van der Waals surface area contributed by atoms with Crippen LogP contribution in [0.3, 0.4) is 0 Å². The first-order valence-corrected chi connectivity index (χ1v) is 6.84. The first-order valence-electron chi connectivity index (χ1n) is 6.84. The molecule has 4 nitrogen and oxygen atoms in total. The lowest BCUT2D eigenvalue weighted by Crippen LogP contribution is -2.24. The molecule has 0 saturated carbocycles. The third kappa shape index (κ3) is 2.29. The van der Waals surface area contributed by atoms with Crippen molar-refractivity contribution in [2.24, 2.45) is 7.05 Å². The van der Waals surface area contributed by atoms with E-state index in [-0.39, 0.29) is 11.1 Å². The predicted molar refractivity (Wildman–Crippen MR) is 85.1 cm³/mol. The minimum atomic E-state index is -0.388. The van der Waals surface area contributed by atoms with Gasteiger partial charge in [-0.2, -0.15) is 10.4 Å². The molecule has 0 amide bonds. The fourth-order valence-electron chi connectivity index (χ4n) is 2.42. The maximum Gasteiger partial charge on any atom is 0.285 e. The van der Waals surface area contributed by atoms with E-state index in [2.05, 4.69) is 5.10 Å². The largest absolute Gasteiger partial charge is 0.285 e. The summed E-state index contributed by atoms with van der Waals surface area (Å²) in [6, 6.07) is 21.0. The quantitative estimate of drug-likeness (QED) is 0.728. The van der Waals surface area contributed by atoms with Crippen LogP contribution in [-0.4, -0.2) is 9.78 Å². The Morgan fingerprint density at radius 3 is 2.05 bits per heavy atom. The molecule has 1 heterocycles. The van der Waals surface area contributed by atoms with Gasteiger partial charge >= 0.3 is 0 Å². The number of aryl methyl sites for hydroxylation is 1. The number of nitriles is 1. The summed E-state index contributed by atoms with van der Waals surface area (Å²) in [7, 11) is 1.56. The molecule has 106 valence electrons. The lowest BCUT2D eigenvalue weighted by Gasteiger charge is -2.12. The van der Waals surface area contributed by atoms with E-state index in [1.54, 1.807) is 7.05 Å². The fraction of sp³-hybridized carbons (Fsp3) is 0.0556. The Hall–Kier alpha value is -3.19. The van der Waals surface area contributed by atoms with Gasteiger partial charge in [0.25, 0.3) is 5.56 Å². The van der Waals surface area contributed by atoms with Crippen molar-refractivity contribution in [3.8, 4) is 28.5 Å². The van der Waals surface area contributed by atoms with Gasteiger partial charge in [-0.15, -0.1) is 0 Å². The van der Waals surface area contributed by atoms with Gasteiger partial charge < -0.3 is 0 Å². The molecule has 0 saturated heterocycles. The van der Waals surface area contributed by atoms with Crippen LogP contribution in [0, 0.1) is 11.3 Å². The highest BCUT2D eigenvalue weighted by atomic mass is 16.1. The average molecular weight is 287 g/mol. The smallest absolute Gasteiger partial charge is 0.266 e. The average Bonchev–Trinajstić information content (AvgIpc) is 2.58. The summed E-state index contributed by atoms with van der Waals surface area (Å²) in [4.78, 5) is 12.3. The topological polar surface area (TPSA) is 58.7 Å². The van der Waals surface area contributed by atoms with Crippen molar-refractivity contribution in [3.63, 3.8) is 0 Å². The Morgan fingerprint density at radius 2 is 1.50 bits per heavy atom. The molecule has 0 atom stereocenters. The van der Waals surface area contributed by atoms with Gasteiger partial charge in [-0.1, -0.05) is 60.7 Å². The molecule has 4 heteroatoms. The van der Waals surface area contributed by atoms with Crippen LogP contribution in [0.2, 0.25) is 0 Å². The summed E-state index contributed by atoms with van der Waals surface area (Å²) < 4.78 is 1.22. The van der Waals surface area contributed by atoms with Gasteiger partial charge in [0.1, 0.15) is 17.3 Å². The molecule has 0 N–H and O–H groups in total. The second-order valence-corrected chi connectivity index (χ2v) is 4.87. The van der Waals surface area contributed by atoms with Crippen molar-refractivity contribution < 1.29 is 0 Å². The highest BCUT2D eigenvalue weighted by Gasteiger charge is 2.18. The minimum absolute atomic E-state index is 0.113. The lowest BCUT2D eigenvalue weighted by molar-refractivity contribution is 0.710. The molecular formula is C18H13N3O. The second kappa shape index (κ2) is 5.66. The predicted octanol–water partition coefficient (Wildman–Crippen LogP) is 2.99. The zero-order valence-corrected chi connectivity index (χ0v) is 12.0. The Bertz CT molecular complexity index is 907. The summed E-state index contributed by atoms with van der Waals surface area (Å²) >= 11 is 0. The maximum atomic E-state index is 12.3. The molecule has 3 aromatic rings. The highest BCUT2D eigenvalue weighted by molar-refractivity contribution is 5.84. The number of aromatic nitrogens is 2. The zero-order valence-electron chi connectivity index (χ0n) is 12.0. The molecular weight excluding hydrogens is 274 g/mol. The van der Waals surface area contributed by atoms with Crippen LogP contribution in [0.15, 0.2) is 65.5 Å². The van der Waals surface area contributed by atoms with E-state index in [1.165, 1.54) is 4.68 Å². The van der Waals surface area contributed by atoms with E-state index in [4.69, 9.17) is 0 Å². The highest BCUT2D eigenvalue weighted by Crippen LogP contribution is 2.31. The standard InChI is InChI=1S/C18H13N3O/c1-21-18(22)15(12-19)16(13-8-4-2-5-9-13)17(20-21)14-10-6-3-7-11-14/h2-11H,1H3. The molecule has 0 fully saturated rings. The number of benzene rings is 2. The van der Waals surface area contributed by atoms with E-state index >= 15 is 0 Å². The van der Waals surface area contributed by atoms with Crippen LogP contribution in [0.25, 0.3) is 22.4 Å². The van der Waals surface area contributed by atoms with Crippen molar-refractivity contribution >= 4 is 0 Å². The van der Waals surface area contributed by atoms with Crippen molar-refractivity contribution in [2.75, 3.05) is 0 Å². The van der Waals surface area contributed by atoms with E-state index < -0.39 is 0 Å². The van der Waals surface area contributed by atoms with E-state index in [0.29, 0.717) is 11.3 Å². The van der Waals surface area contributed by atoms with E-state index in [0.717, 1.165) is 11.1 Å². The Kier molecular flexibility index (Phi) is 3.55. The van der Waals surface area contributed by atoms with Gasteiger partial charge in [-0.05, 0) is 5.56 Å². The molecule has 0 unspecified atom stereocenters. The monoisotopic (exact) mass is 287 g/mol.